The molecule has 4 nitrogen and oxygen atoms in total. The number of benzene rings is 3. The monoisotopic (exact) mass is 495 g/mol. The lowest BCUT2D eigenvalue weighted by Crippen LogP contribution is -2.63. The molecule has 2 unspecified atom stereocenters. The Morgan fingerprint density at radius 1 is 1.09 bits per heavy atom. The van der Waals surface area contributed by atoms with E-state index in [4.69, 9.17) is 16.3 Å². The third-order valence-electron chi connectivity index (χ3n) is 8.05. The van der Waals surface area contributed by atoms with Gasteiger partial charge in [-0.05, 0) is 36.4 Å². The number of methoxy groups -OCH3 is 1. The van der Waals surface area contributed by atoms with Crippen LogP contribution in [0.1, 0.15) is 50.3 Å². The first-order valence-corrected chi connectivity index (χ1v) is 13.2. The Kier molecular flexibility index (Phi) is 8.07. The molecule has 0 spiro atoms. The largest absolute Gasteiger partial charge is 0.495 e. The van der Waals surface area contributed by atoms with E-state index in [1.165, 1.54) is 5.56 Å². The number of nitrogens with zero attached hydrogens (tertiary/aromatic N) is 2. The zero-order valence-corrected chi connectivity index (χ0v) is 22.4. The van der Waals surface area contributed by atoms with Gasteiger partial charge in [0.1, 0.15) is 12.3 Å². The van der Waals surface area contributed by atoms with Gasteiger partial charge < -0.3 is 14.3 Å². The van der Waals surface area contributed by atoms with Crippen LogP contribution in [0.2, 0.25) is 5.02 Å². The van der Waals surface area contributed by atoms with Crippen LogP contribution in [0.15, 0.2) is 60.7 Å². The highest BCUT2D eigenvalue weighted by molar-refractivity contribution is 6.37. The van der Waals surface area contributed by atoms with Crippen LogP contribution in [0.5, 0.6) is 5.75 Å². The maximum absolute atomic E-state index is 11.8. The van der Waals surface area contributed by atoms with Crippen molar-refractivity contribution in [3.8, 4) is 5.75 Å². The van der Waals surface area contributed by atoms with Crippen LogP contribution >= 0.6 is 11.6 Å². The molecule has 0 radical (unpaired) electrons. The van der Waals surface area contributed by atoms with Crippen LogP contribution in [-0.2, 0) is 6.54 Å². The van der Waals surface area contributed by atoms with Gasteiger partial charge in [-0.3, -0.25) is 4.90 Å². The first kappa shape index (κ1) is 26.0. The Morgan fingerprint density at radius 2 is 1.80 bits per heavy atom. The maximum Gasteiger partial charge on any atom is 0.138 e. The Labute approximate surface area is 215 Å². The minimum absolute atomic E-state index is 0.321. The zero-order chi connectivity index (χ0) is 25.1. The summed E-state index contributed by atoms with van der Waals surface area (Å²) in [5.74, 6) is 0.672. The number of unbranched alkanes of at least 4 members (excludes halogenated alkanes) is 1. The highest BCUT2D eigenvalue weighted by Crippen LogP contribution is 2.40. The average Bonchev–Trinajstić information content (AvgIpc) is 2.87. The summed E-state index contributed by atoms with van der Waals surface area (Å²) in [4.78, 5) is 2.55. The topological polar surface area (TPSA) is 32.7 Å². The van der Waals surface area contributed by atoms with E-state index in [-0.39, 0.29) is 5.54 Å². The molecule has 0 bridgehead atoms. The summed E-state index contributed by atoms with van der Waals surface area (Å²) in [5.41, 5.74) is 2.02. The van der Waals surface area contributed by atoms with Crippen molar-refractivity contribution in [3.05, 3.63) is 76.8 Å². The van der Waals surface area contributed by atoms with Crippen LogP contribution < -0.4 is 4.74 Å². The molecule has 0 aliphatic carbocycles. The van der Waals surface area contributed by atoms with E-state index in [1.807, 2.05) is 24.3 Å². The average molecular weight is 496 g/mol. The van der Waals surface area contributed by atoms with Crippen LogP contribution in [0.4, 0.5) is 0 Å². The summed E-state index contributed by atoms with van der Waals surface area (Å²) in [6, 6.07) is 20.9. The van der Waals surface area contributed by atoms with Gasteiger partial charge in [-0.2, -0.15) is 0 Å². The third-order valence-corrected chi connectivity index (χ3v) is 8.44. The van der Waals surface area contributed by atoms with Gasteiger partial charge >= 0.3 is 0 Å². The Hall–Kier alpha value is -2.11. The van der Waals surface area contributed by atoms with Gasteiger partial charge in [-0.15, -0.1) is 0 Å². The standard InChI is InChI=1S/C30H40ClN2O2/c1-5-6-16-30(2,32-17-19-33(3,20-18-32)22-23-10-8-7-9-11-23)29(34)25-12-14-26-24(21-25)13-15-27(35-4)28(26)31/h7-15,21,29,34H,5-6,16-20,22H2,1-4H3/q+1. The first-order valence-electron chi connectivity index (χ1n) is 12.9. The van der Waals surface area contributed by atoms with Crippen molar-refractivity contribution in [2.75, 3.05) is 40.3 Å². The second-order valence-electron chi connectivity index (χ2n) is 10.6. The third kappa shape index (κ3) is 5.51. The van der Waals surface area contributed by atoms with Gasteiger partial charge in [0.05, 0.1) is 38.4 Å². The van der Waals surface area contributed by atoms with Crippen molar-refractivity contribution in [2.45, 2.75) is 51.3 Å². The van der Waals surface area contributed by atoms with E-state index >= 15 is 0 Å². The van der Waals surface area contributed by atoms with E-state index < -0.39 is 6.10 Å². The van der Waals surface area contributed by atoms with Crippen LogP contribution in [0.3, 0.4) is 0 Å². The number of quaternary nitrogens is 1. The number of hydrogen-bond donors (Lipinski definition) is 1. The fraction of sp³-hybridized carbons (Fsp3) is 0.467. The molecule has 1 N–H and O–H groups in total. The number of halogens is 1. The van der Waals surface area contributed by atoms with E-state index in [0.29, 0.717) is 10.8 Å². The van der Waals surface area contributed by atoms with Gasteiger partial charge in [0.2, 0.25) is 0 Å². The highest BCUT2D eigenvalue weighted by Gasteiger charge is 2.43. The smallest absolute Gasteiger partial charge is 0.138 e. The molecule has 2 atom stereocenters. The van der Waals surface area contributed by atoms with E-state index in [1.54, 1.807) is 7.11 Å². The molecule has 35 heavy (non-hydrogen) atoms. The molecular weight excluding hydrogens is 456 g/mol. The number of aliphatic hydroxyl groups is 1. The number of rotatable bonds is 9. The number of piperazine rings is 1. The molecule has 5 heteroatoms. The van der Waals surface area contributed by atoms with Crippen molar-refractivity contribution >= 4 is 22.4 Å². The molecule has 3 aromatic carbocycles. The summed E-state index contributed by atoms with van der Waals surface area (Å²) < 4.78 is 6.41. The summed E-state index contributed by atoms with van der Waals surface area (Å²) in [5, 5.41) is 14.4. The maximum atomic E-state index is 11.8. The molecule has 1 saturated heterocycles. The molecule has 0 aromatic heterocycles. The SMILES string of the molecule is CCCCC(C)(C(O)c1ccc2c(Cl)c(OC)ccc2c1)N1CC[N+](C)(Cc2ccccc2)CC1. The highest BCUT2D eigenvalue weighted by atomic mass is 35.5. The molecule has 1 fully saturated rings. The van der Waals surface area contributed by atoms with Crippen molar-refractivity contribution in [1.82, 2.24) is 4.90 Å². The fourth-order valence-electron chi connectivity index (χ4n) is 5.62. The second kappa shape index (κ2) is 10.9. The molecule has 1 aliphatic rings. The van der Waals surface area contributed by atoms with Gasteiger partial charge in [0.15, 0.2) is 0 Å². The number of aliphatic hydroxyl groups excluding tert-OH is 1. The van der Waals surface area contributed by atoms with Crippen LogP contribution in [0.25, 0.3) is 10.8 Å². The van der Waals surface area contributed by atoms with Gasteiger partial charge in [0.25, 0.3) is 0 Å². The quantitative estimate of drug-likeness (QED) is 0.346. The van der Waals surface area contributed by atoms with Crippen LogP contribution in [0, 0.1) is 0 Å². The Morgan fingerprint density at radius 3 is 2.46 bits per heavy atom. The molecule has 1 aliphatic heterocycles. The van der Waals surface area contributed by atoms with Crippen LogP contribution in [-0.4, -0.2) is 60.4 Å². The lowest BCUT2D eigenvalue weighted by molar-refractivity contribution is -0.927. The Bertz CT molecular complexity index is 1130. The molecule has 0 amide bonds. The van der Waals surface area contributed by atoms with Gasteiger partial charge in [-0.25, -0.2) is 0 Å². The predicted octanol–water partition coefficient (Wildman–Crippen LogP) is 6.45. The number of likely N-dealkylation sites (N-methyl/N-ethyl adjacent to an activating group) is 1. The normalized spacial score (nSPS) is 18.8. The zero-order valence-electron chi connectivity index (χ0n) is 21.6. The molecule has 0 saturated carbocycles. The number of hydrogen-bond acceptors (Lipinski definition) is 3. The minimum Gasteiger partial charge on any atom is -0.495 e. The summed E-state index contributed by atoms with van der Waals surface area (Å²) in [6.45, 7) is 9.66. The predicted molar refractivity (Wildman–Crippen MR) is 146 cm³/mol. The summed E-state index contributed by atoms with van der Waals surface area (Å²) >= 11 is 6.54. The van der Waals surface area contributed by atoms with Crippen molar-refractivity contribution in [1.29, 1.82) is 0 Å². The lowest BCUT2D eigenvalue weighted by Gasteiger charge is -2.50. The summed E-state index contributed by atoms with van der Waals surface area (Å²) in [6.07, 6.45) is 2.60. The summed E-state index contributed by atoms with van der Waals surface area (Å²) in [7, 11) is 4.00. The molecule has 1 heterocycles. The van der Waals surface area contributed by atoms with E-state index in [9.17, 15) is 5.11 Å². The van der Waals surface area contributed by atoms with Crippen molar-refractivity contribution < 1.29 is 14.3 Å². The molecule has 3 aromatic rings. The van der Waals surface area contributed by atoms with Gasteiger partial charge in [0, 0.05) is 29.6 Å². The van der Waals surface area contributed by atoms with E-state index in [0.717, 1.165) is 72.8 Å². The second-order valence-corrected chi connectivity index (χ2v) is 11.0. The lowest BCUT2D eigenvalue weighted by atomic mass is 9.82. The number of fused-ring (bicyclic) bond motifs is 1. The molecule has 4 rings (SSSR count). The minimum atomic E-state index is -0.578. The number of ether oxygens (including phenoxy) is 1. The molecule has 188 valence electrons. The van der Waals surface area contributed by atoms with Crippen molar-refractivity contribution in [3.63, 3.8) is 0 Å². The van der Waals surface area contributed by atoms with Gasteiger partial charge in [-0.1, -0.05) is 79.9 Å². The fourth-order valence-corrected chi connectivity index (χ4v) is 5.93. The van der Waals surface area contributed by atoms with Crippen molar-refractivity contribution in [2.24, 2.45) is 0 Å². The first-order chi connectivity index (χ1) is 16.8. The molecular formula is C30H40ClN2O2+. The van der Waals surface area contributed by atoms with E-state index in [2.05, 4.69) is 62.2 Å². The Balaban J connectivity index is 1.56.